The summed E-state index contributed by atoms with van der Waals surface area (Å²) in [6.45, 7) is 6.10. The number of benzene rings is 1. The molecule has 1 rings (SSSR count). The van der Waals surface area contributed by atoms with Gasteiger partial charge in [0.05, 0.1) is 6.10 Å². The molecule has 0 saturated heterocycles. The van der Waals surface area contributed by atoms with Crippen LogP contribution in [0, 0.1) is 0 Å². The second-order valence-corrected chi connectivity index (χ2v) is 5.16. The summed E-state index contributed by atoms with van der Waals surface area (Å²) in [7, 11) is 0. The lowest BCUT2D eigenvalue weighted by atomic mass is 9.93. The fourth-order valence-electron chi connectivity index (χ4n) is 2.01. The molecule has 0 aliphatic rings. The molecule has 2 atom stereocenters. The van der Waals surface area contributed by atoms with Gasteiger partial charge >= 0.3 is 0 Å². The van der Waals surface area contributed by atoms with Crippen molar-refractivity contribution in [2.45, 2.75) is 39.2 Å². The highest BCUT2D eigenvalue weighted by Gasteiger charge is 2.14. The Hall–Kier alpha value is -1.61. The molecular weight excluding hydrogens is 238 g/mol. The fourth-order valence-corrected chi connectivity index (χ4v) is 2.01. The molecule has 3 nitrogen and oxygen atoms in total. The summed E-state index contributed by atoms with van der Waals surface area (Å²) in [6, 6.07) is 9.97. The molecule has 0 saturated carbocycles. The monoisotopic (exact) mass is 261 g/mol. The van der Waals surface area contributed by atoms with Gasteiger partial charge in [0, 0.05) is 18.5 Å². The van der Waals surface area contributed by atoms with Crippen molar-refractivity contribution >= 4 is 5.91 Å². The number of aliphatic hydroxyl groups excluding tert-OH is 1. The molecular formula is C16H23NO2. The molecule has 1 aromatic carbocycles. The summed E-state index contributed by atoms with van der Waals surface area (Å²) in [5.74, 6) is 0.0576. The van der Waals surface area contributed by atoms with Crippen molar-refractivity contribution in [2.75, 3.05) is 6.54 Å². The smallest absolute Gasteiger partial charge is 0.243 e. The van der Waals surface area contributed by atoms with Gasteiger partial charge < -0.3 is 10.4 Å². The molecule has 104 valence electrons. The molecule has 0 aliphatic carbocycles. The SMILES string of the molecule is CC(C)=CC(=O)NCC(CC(C)O)c1ccccc1. The van der Waals surface area contributed by atoms with Gasteiger partial charge in [0.25, 0.3) is 0 Å². The van der Waals surface area contributed by atoms with Crippen LogP contribution in [0.15, 0.2) is 42.0 Å². The Morgan fingerprint density at radius 2 is 1.95 bits per heavy atom. The minimum atomic E-state index is -0.384. The van der Waals surface area contributed by atoms with E-state index in [1.54, 1.807) is 13.0 Å². The number of amides is 1. The maximum Gasteiger partial charge on any atom is 0.243 e. The van der Waals surface area contributed by atoms with Crippen molar-refractivity contribution in [2.24, 2.45) is 0 Å². The van der Waals surface area contributed by atoms with E-state index in [0.717, 1.165) is 11.1 Å². The second-order valence-electron chi connectivity index (χ2n) is 5.16. The van der Waals surface area contributed by atoms with E-state index in [-0.39, 0.29) is 17.9 Å². The number of hydrogen-bond acceptors (Lipinski definition) is 2. The normalized spacial score (nSPS) is 13.5. The van der Waals surface area contributed by atoms with E-state index in [9.17, 15) is 9.90 Å². The Balaban J connectivity index is 2.66. The summed E-state index contributed by atoms with van der Waals surface area (Å²) >= 11 is 0. The summed E-state index contributed by atoms with van der Waals surface area (Å²) in [5.41, 5.74) is 2.12. The van der Waals surface area contributed by atoms with E-state index in [1.165, 1.54) is 0 Å². The number of allylic oxidation sites excluding steroid dienone is 1. The minimum absolute atomic E-state index is 0.0773. The summed E-state index contributed by atoms with van der Waals surface area (Å²) < 4.78 is 0. The highest BCUT2D eigenvalue weighted by Crippen LogP contribution is 2.20. The number of carbonyl (C=O) groups is 1. The van der Waals surface area contributed by atoms with Crippen LogP contribution in [0.2, 0.25) is 0 Å². The first kappa shape index (κ1) is 15.4. The molecule has 0 aliphatic heterocycles. The lowest BCUT2D eigenvalue weighted by Gasteiger charge is -2.19. The van der Waals surface area contributed by atoms with E-state index < -0.39 is 0 Å². The number of nitrogens with one attached hydrogen (secondary N) is 1. The maximum atomic E-state index is 11.6. The lowest BCUT2D eigenvalue weighted by Crippen LogP contribution is -2.28. The van der Waals surface area contributed by atoms with Gasteiger partial charge in [0.2, 0.25) is 5.91 Å². The zero-order chi connectivity index (χ0) is 14.3. The third-order valence-corrected chi connectivity index (χ3v) is 2.84. The van der Waals surface area contributed by atoms with Gasteiger partial charge in [0.1, 0.15) is 0 Å². The van der Waals surface area contributed by atoms with E-state index in [2.05, 4.69) is 5.32 Å². The van der Waals surface area contributed by atoms with E-state index in [4.69, 9.17) is 0 Å². The van der Waals surface area contributed by atoms with Crippen molar-refractivity contribution in [3.63, 3.8) is 0 Å². The number of rotatable bonds is 6. The van der Waals surface area contributed by atoms with Crippen LogP contribution in [0.1, 0.15) is 38.7 Å². The van der Waals surface area contributed by atoms with Crippen LogP contribution in [0.5, 0.6) is 0 Å². The van der Waals surface area contributed by atoms with Crippen molar-refractivity contribution in [3.8, 4) is 0 Å². The van der Waals surface area contributed by atoms with Crippen LogP contribution >= 0.6 is 0 Å². The molecule has 3 heteroatoms. The van der Waals surface area contributed by atoms with Crippen LogP contribution in [-0.2, 0) is 4.79 Å². The van der Waals surface area contributed by atoms with Crippen molar-refractivity contribution in [1.29, 1.82) is 0 Å². The summed E-state index contributed by atoms with van der Waals surface area (Å²) in [5, 5.41) is 12.5. The first-order valence-corrected chi connectivity index (χ1v) is 6.64. The van der Waals surface area contributed by atoms with Crippen molar-refractivity contribution in [3.05, 3.63) is 47.5 Å². The largest absolute Gasteiger partial charge is 0.393 e. The zero-order valence-corrected chi connectivity index (χ0v) is 11.9. The molecule has 1 aromatic rings. The van der Waals surface area contributed by atoms with Gasteiger partial charge in [-0.15, -0.1) is 0 Å². The quantitative estimate of drug-likeness (QED) is 0.773. The molecule has 0 bridgehead atoms. The van der Waals surface area contributed by atoms with Crippen LogP contribution < -0.4 is 5.32 Å². The van der Waals surface area contributed by atoms with Crippen molar-refractivity contribution in [1.82, 2.24) is 5.32 Å². The Bertz CT molecular complexity index is 420. The fraction of sp³-hybridized carbons (Fsp3) is 0.438. The molecule has 19 heavy (non-hydrogen) atoms. The summed E-state index contributed by atoms with van der Waals surface area (Å²) in [6.07, 6.45) is 1.84. The third kappa shape index (κ3) is 6.20. The molecule has 2 unspecified atom stereocenters. The topological polar surface area (TPSA) is 49.3 Å². The predicted octanol–water partition coefficient (Wildman–Crippen LogP) is 2.62. The molecule has 0 radical (unpaired) electrons. The van der Waals surface area contributed by atoms with Gasteiger partial charge in [-0.05, 0) is 32.8 Å². The minimum Gasteiger partial charge on any atom is -0.393 e. The van der Waals surface area contributed by atoms with E-state index in [1.807, 2.05) is 44.2 Å². The van der Waals surface area contributed by atoms with Gasteiger partial charge in [-0.25, -0.2) is 0 Å². The maximum absolute atomic E-state index is 11.6. The molecule has 0 fully saturated rings. The Morgan fingerprint density at radius 3 is 2.47 bits per heavy atom. The molecule has 1 amide bonds. The van der Waals surface area contributed by atoms with Crippen LogP contribution in [-0.4, -0.2) is 23.7 Å². The van der Waals surface area contributed by atoms with Gasteiger partial charge in [-0.1, -0.05) is 35.9 Å². The van der Waals surface area contributed by atoms with Crippen LogP contribution in [0.4, 0.5) is 0 Å². The van der Waals surface area contributed by atoms with E-state index in [0.29, 0.717) is 13.0 Å². The Labute approximate surface area is 115 Å². The third-order valence-electron chi connectivity index (χ3n) is 2.84. The number of hydrogen-bond donors (Lipinski definition) is 2. The predicted molar refractivity (Wildman–Crippen MR) is 77.9 cm³/mol. The van der Waals surface area contributed by atoms with Gasteiger partial charge in [0.15, 0.2) is 0 Å². The average Bonchev–Trinajstić information content (AvgIpc) is 2.34. The highest BCUT2D eigenvalue weighted by molar-refractivity contribution is 5.88. The molecule has 0 aromatic heterocycles. The second kappa shape index (κ2) is 7.74. The summed E-state index contributed by atoms with van der Waals surface area (Å²) in [4.78, 5) is 11.6. The molecule has 2 N–H and O–H groups in total. The first-order valence-electron chi connectivity index (χ1n) is 6.64. The number of aliphatic hydroxyl groups is 1. The Morgan fingerprint density at radius 1 is 1.32 bits per heavy atom. The molecule has 0 heterocycles. The first-order chi connectivity index (χ1) is 8.99. The standard InChI is InChI=1S/C16H23NO2/c1-12(2)9-16(19)17-11-15(10-13(3)18)14-7-5-4-6-8-14/h4-9,13,15,18H,10-11H2,1-3H3,(H,17,19). The zero-order valence-electron chi connectivity index (χ0n) is 11.9. The Kier molecular flexibility index (Phi) is 6.30. The van der Waals surface area contributed by atoms with Gasteiger partial charge in [-0.3, -0.25) is 4.79 Å². The van der Waals surface area contributed by atoms with Gasteiger partial charge in [-0.2, -0.15) is 0 Å². The average molecular weight is 261 g/mol. The number of carbonyl (C=O) groups excluding carboxylic acids is 1. The van der Waals surface area contributed by atoms with Crippen LogP contribution in [0.3, 0.4) is 0 Å². The van der Waals surface area contributed by atoms with Crippen molar-refractivity contribution < 1.29 is 9.90 Å². The lowest BCUT2D eigenvalue weighted by molar-refractivity contribution is -0.116. The van der Waals surface area contributed by atoms with E-state index >= 15 is 0 Å². The highest BCUT2D eigenvalue weighted by atomic mass is 16.3. The molecule has 0 spiro atoms. The van der Waals surface area contributed by atoms with Crippen LogP contribution in [0.25, 0.3) is 0 Å².